The molecule has 1 fully saturated rings. The van der Waals surface area contributed by atoms with Crippen LogP contribution >= 0.6 is 11.6 Å². The van der Waals surface area contributed by atoms with E-state index in [9.17, 15) is 0 Å². The van der Waals surface area contributed by atoms with Gasteiger partial charge in [-0.05, 0) is 30.4 Å². The van der Waals surface area contributed by atoms with Gasteiger partial charge in [0.1, 0.15) is 11.9 Å². The first-order valence-corrected chi connectivity index (χ1v) is 6.21. The van der Waals surface area contributed by atoms with Crippen LogP contribution in [0.2, 0.25) is 5.02 Å². The molecule has 17 heavy (non-hydrogen) atoms. The fourth-order valence-electron chi connectivity index (χ4n) is 2.31. The highest BCUT2D eigenvalue weighted by molar-refractivity contribution is 6.31. The van der Waals surface area contributed by atoms with Gasteiger partial charge in [0, 0.05) is 13.1 Å². The number of halogens is 1. The molecule has 0 bridgehead atoms. The summed E-state index contributed by atoms with van der Waals surface area (Å²) in [5, 5.41) is 9.35. The van der Waals surface area contributed by atoms with Crippen LogP contribution in [0.1, 0.15) is 32.4 Å². The van der Waals surface area contributed by atoms with Crippen molar-refractivity contribution in [3.8, 4) is 6.07 Å². The molecule has 0 N–H and O–H groups in total. The number of piperidine rings is 1. The fraction of sp³-hybridized carbons (Fsp3) is 0.538. The summed E-state index contributed by atoms with van der Waals surface area (Å²) < 4.78 is 0. The molecule has 90 valence electrons. The molecular weight excluding hydrogens is 234 g/mol. The second kappa shape index (κ2) is 4.54. The van der Waals surface area contributed by atoms with Crippen molar-refractivity contribution in [3.63, 3.8) is 0 Å². The summed E-state index contributed by atoms with van der Waals surface area (Å²) in [6.45, 7) is 6.51. The van der Waals surface area contributed by atoms with Crippen molar-refractivity contribution in [2.45, 2.75) is 26.7 Å². The Labute approximate surface area is 107 Å². The Kier molecular flexibility index (Phi) is 3.26. The SMILES string of the molecule is CC1(C)CCCN(c2ccc(Cl)c(C#N)n2)C1. The van der Waals surface area contributed by atoms with Gasteiger partial charge in [-0.1, -0.05) is 25.4 Å². The quantitative estimate of drug-likeness (QED) is 0.767. The van der Waals surface area contributed by atoms with E-state index in [0.29, 0.717) is 16.1 Å². The van der Waals surface area contributed by atoms with E-state index in [1.807, 2.05) is 12.1 Å². The monoisotopic (exact) mass is 249 g/mol. The Morgan fingerprint density at radius 3 is 2.88 bits per heavy atom. The molecule has 0 radical (unpaired) electrons. The molecule has 1 aliphatic rings. The van der Waals surface area contributed by atoms with E-state index < -0.39 is 0 Å². The van der Waals surface area contributed by atoms with Crippen LogP contribution in [-0.2, 0) is 0 Å². The summed E-state index contributed by atoms with van der Waals surface area (Å²) >= 11 is 5.89. The van der Waals surface area contributed by atoms with Gasteiger partial charge in [-0.3, -0.25) is 0 Å². The Bertz CT molecular complexity index is 462. The fourth-order valence-corrected chi connectivity index (χ4v) is 2.45. The highest BCUT2D eigenvalue weighted by Crippen LogP contribution is 2.31. The van der Waals surface area contributed by atoms with Crippen molar-refractivity contribution >= 4 is 17.4 Å². The summed E-state index contributed by atoms with van der Waals surface area (Å²) in [5.41, 5.74) is 0.624. The first kappa shape index (κ1) is 12.2. The number of pyridine rings is 1. The second-order valence-corrected chi connectivity index (χ2v) is 5.71. The zero-order valence-corrected chi connectivity index (χ0v) is 11.0. The maximum absolute atomic E-state index is 8.93. The van der Waals surface area contributed by atoms with Crippen LogP contribution < -0.4 is 4.90 Å². The summed E-state index contributed by atoms with van der Waals surface area (Å²) in [4.78, 5) is 6.55. The third kappa shape index (κ3) is 2.70. The maximum atomic E-state index is 8.93. The lowest BCUT2D eigenvalue weighted by Gasteiger charge is -2.38. The van der Waals surface area contributed by atoms with Gasteiger partial charge >= 0.3 is 0 Å². The predicted octanol–water partition coefficient (Wildman–Crippen LogP) is 3.23. The lowest BCUT2D eigenvalue weighted by Crippen LogP contribution is -2.40. The van der Waals surface area contributed by atoms with Crippen molar-refractivity contribution in [2.24, 2.45) is 5.41 Å². The smallest absolute Gasteiger partial charge is 0.161 e. The Morgan fingerprint density at radius 1 is 1.47 bits per heavy atom. The highest BCUT2D eigenvalue weighted by atomic mass is 35.5. The number of hydrogen-bond acceptors (Lipinski definition) is 3. The van der Waals surface area contributed by atoms with Crippen molar-refractivity contribution < 1.29 is 0 Å². The third-order valence-corrected chi connectivity index (χ3v) is 3.47. The van der Waals surface area contributed by atoms with E-state index in [1.54, 1.807) is 6.07 Å². The van der Waals surface area contributed by atoms with E-state index in [0.717, 1.165) is 18.9 Å². The van der Waals surface area contributed by atoms with Gasteiger partial charge in [0.05, 0.1) is 5.02 Å². The lowest BCUT2D eigenvalue weighted by atomic mass is 9.84. The first-order chi connectivity index (χ1) is 8.02. The summed E-state index contributed by atoms with van der Waals surface area (Å²) in [5.74, 6) is 0.860. The molecule has 0 aromatic carbocycles. The molecule has 4 heteroatoms. The standard InChI is InChI=1S/C13H16ClN3/c1-13(2)6-3-7-17(9-13)12-5-4-10(14)11(8-15)16-12/h4-5H,3,6-7,9H2,1-2H3. The molecule has 0 spiro atoms. The Morgan fingerprint density at radius 2 is 2.24 bits per heavy atom. The van der Waals surface area contributed by atoms with Gasteiger partial charge in [0.25, 0.3) is 0 Å². The normalized spacial score (nSPS) is 18.8. The van der Waals surface area contributed by atoms with Gasteiger partial charge in [0.2, 0.25) is 0 Å². The van der Waals surface area contributed by atoms with Crippen molar-refractivity contribution in [1.29, 1.82) is 5.26 Å². The molecule has 2 rings (SSSR count). The molecule has 2 heterocycles. The molecule has 0 unspecified atom stereocenters. The summed E-state index contributed by atoms with van der Waals surface area (Å²) in [6, 6.07) is 5.67. The lowest BCUT2D eigenvalue weighted by molar-refractivity contribution is 0.292. The van der Waals surface area contributed by atoms with E-state index in [1.165, 1.54) is 12.8 Å². The number of nitriles is 1. The molecular formula is C13H16ClN3. The predicted molar refractivity (Wildman–Crippen MR) is 69.2 cm³/mol. The Balaban J connectivity index is 2.26. The first-order valence-electron chi connectivity index (χ1n) is 5.83. The molecule has 1 aliphatic heterocycles. The zero-order chi connectivity index (χ0) is 12.5. The Hall–Kier alpha value is -1.27. The number of anilines is 1. The molecule has 3 nitrogen and oxygen atoms in total. The van der Waals surface area contributed by atoms with E-state index in [-0.39, 0.29) is 0 Å². The zero-order valence-electron chi connectivity index (χ0n) is 10.2. The van der Waals surface area contributed by atoms with Crippen LogP contribution in [0.5, 0.6) is 0 Å². The van der Waals surface area contributed by atoms with Crippen LogP contribution in [0.3, 0.4) is 0 Å². The van der Waals surface area contributed by atoms with Crippen LogP contribution in [0.25, 0.3) is 0 Å². The molecule has 0 aliphatic carbocycles. The minimum atomic E-state index is 0.312. The van der Waals surface area contributed by atoms with Crippen molar-refractivity contribution in [3.05, 3.63) is 22.8 Å². The average Bonchev–Trinajstić information content (AvgIpc) is 2.28. The maximum Gasteiger partial charge on any atom is 0.161 e. The number of aromatic nitrogens is 1. The van der Waals surface area contributed by atoms with Gasteiger partial charge in [-0.2, -0.15) is 5.26 Å². The highest BCUT2D eigenvalue weighted by Gasteiger charge is 2.27. The van der Waals surface area contributed by atoms with Gasteiger partial charge in [-0.15, -0.1) is 0 Å². The summed E-state index contributed by atoms with van der Waals surface area (Å²) in [7, 11) is 0. The molecule has 0 atom stereocenters. The van der Waals surface area contributed by atoms with Gasteiger partial charge in [0.15, 0.2) is 5.69 Å². The van der Waals surface area contributed by atoms with Gasteiger partial charge < -0.3 is 4.90 Å². The molecule has 1 saturated heterocycles. The van der Waals surface area contributed by atoms with Crippen molar-refractivity contribution in [2.75, 3.05) is 18.0 Å². The van der Waals surface area contributed by atoms with Gasteiger partial charge in [-0.25, -0.2) is 4.98 Å². The topological polar surface area (TPSA) is 39.9 Å². The third-order valence-electron chi connectivity index (χ3n) is 3.16. The van der Waals surface area contributed by atoms with Crippen molar-refractivity contribution in [1.82, 2.24) is 4.98 Å². The largest absolute Gasteiger partial charge is 0.356 e. The number of nitrogens with zero attached hydrogens (tertiary/aromatic N) is 3. The minimum Gasteiger partial charge on any atom is -0.356 e. The van der Waals surface area contributed by atoms with Crippen LogP contribution in [0, 0.1) is 16.7 Å². The van der Waals surface area contributed by atoms with Crippen LogP contribution in [-0.4, -0.2) is 18.1 Å². The van der Waals surface area contributed by atoms with E-state index in [2.05, 4.69) is 23.7 Å². The van der Waals surface area contributed by atoms with E-state index >= 15 is 0 Å². The second-order valence-electron chi connectivity index (χ2n) is 5.30. The van der Waals surface area contributed by atoms with E-state index in [4.69, 9.17) is 16.9 Å². The number of hydrogen-bond donors (Lipinski definition) is 0. The number of rotatable bonds is 1. The molecule has 1 aromatic rings. The van der Waals surface area contributed by atoms with Crippen LogP contribution in [0.4, 0.5) is 5.82 Å². The van der Waals surface area contributed by atoms with Crippen LogP contribution in [0.15, 0.2) is 12.1 Å². The molecule has 0 saturated carbocycles. The molecule has 1 aromatic heterocycles. The molecule has 0 amide bonds. The average molecular weight is 250 g/mol. The summed E-state index contributed by atoms with van der Waals surface area (Å²) in [6.07, 6.45) is 2.40. The minimum absolute atomic E-state index is 0.312.